The minimum atomic E-state index is -0.206. The van der Waals surface area contributed by atoms with Crippen LogP contribution in [-0.4, -0.2) is 30.3 Å². The van der Waals surface area contributed by atoms with Crippen LogP contribution in [0.3, 0.4) is 0 Å². The Labute approximate surface area is 140 Å². The number of thioether (sulfide) groups is 1. The largest absolute Gasteiger partial charge is 0.352 e. The maximum absolute atomic E-state index is 12.3. The molecule has 0 saturated carbocycles. The Morgan fingerprint density at radius 2 is 2.24 bits per heavy atom. The van der Waals surface area contributed by atoms with Crippen molar-refractivity contribution in [3.05, 3.63) is 28.2 Å². The summed E-state index contributed by atoms with van der Waals surface area (Å²) >= 11 is 13.6. The third-order valence-electron chi connectivity index (χ3n) is 3.68. The number of nitrogens with one attached hydrogen (secondary N) is 2. The maximum Gasteiger partial charge on any atom is 0.233 e. The topological polar surface area (TPSA) is 41.1 Å². The lowest BCUT2D eigenvalue weighted by atomic mass is 9.95. The minimum absolute atomic E-state index is 0.0507. The first-order valence-corrected chi connectivity index (χ1v) is 8.73. The van der Waals surface area contributed by atoms with Crippen LogP contribution in [0.4, 0.5) is 0 Å². The molecule has 2 N–H and O–H groups in total. The molecule has 1 heterocycles. The highest BCUT2D eigenvalue weighted by Crippen LogP contribution is 2.32. The zero-order valence-electron chi connectivity index (χ0n) is 12.2. The molecule has 3 unspecified atom stereocenters. The molecular weight excluding hydrogens is 327 g/mol. The molecule has 0 aliphatic carbocycles. The fourth-order valence-electron chi connectivity index (χ4n) is 2.34. The summed E-state index contributed by atoms with van der Waals surface area (Å²) in [6, 6.07) is 5.55. The molecule has 3 nitrogen and oxygen atoms in total. The summed E-state index contributed by atoms with van der Waals surface area (Å²) in [5.41, 5.74) is 0. The molecule has 1 fully saturated rings. The quantitative estimate of drug-likeness (QED) is 0.818. The summed E-state index contributed by atoms with van der Waals surface area (Å²) in [6.07, 6.45) is 0.974. The molecule has 0 aromatic heterocycles. The second-order valence-corrected chi connectivity index (χ2v) is 7.65. The standard InChI is InChI=1S/C15H20Cl2N2OS/c1-9-8-18-6-5-13(9)19-15(20)10(2)21-14-7-11(16)3-4-12(14)17/h3-4,7,9-10,13,18H,5-6,8H2,1-2H3,(H,19,20). The van der Waals surface area contributed by atoms with Crippen molar-refractivity contribution in [2.24, 2.45) is 5.92 Å². The molecule has 21 heavy (non-hydrogen) atoms. The van der Waals surface area contributed by atoms with Gasteiger partial charge in [-0.3, -0.25) is 4.79 Å². The van der Waals surface area contributed by atoms with E-state index in [9.17, 15) is 4.79 Å². The normalized spacial score (nSPS) is 23.6. The number of carbonyl (C=O) groups is 1. The van der Waals surface area contributed by atoms with E-state index >= 15 is 0 Å². The van der Waals surface area contributed by atoms with Gasteiger partial charge in [-0.15, -0.1) is 11.8 Å². The van der Waals surface area contributed by atoms with E-state index in [2.05, 4.69) is 17.6 Å². The van der Waals surface area contributed by atoms with Crippen LogP contribution in [-0.2, 0) is 4.79 Å². The third kappa shape index (κ3) is 4.78. The van der Waals surface area contributed by atoms with Gasteiger partial charge in [0.1, 0.15) is 0 Å². The molecule has 1 saturated heterocycles. The molecule has 1 aromatic carbocycles. The van der Waals surface area contributed by atoms with Gasteiger partial charge in [-0.25, -0.2) is 0 Å². The van der Waals surface area contributed by atoms with Crippen molar-refractivity contribution in [3.8, 4) is 0 Å². The van der Waals surface area contributed by atoms with Gasteiger partial charge in [0.25, 0.3) is 0 Å². The molecule has 1 aliphatic heterocycles. The van der Waals surface area contributed by atoms with Gasteiger partial charge in [0.05, 0.1) is 10.3 Å². The molecule has 0 radical (unpaired) electrons. The molecule has 0 bridgehead atoms. The number of amides is 1. The number of rotatable bonds is 4. The predicted octanol–water partition coefficient (Wildman–Crippen LogP) is 3.59. The van der Waals surface area contributed by atoms with Crippen molar-refractivity contribution < 1.29 is 4.79 Å². The number of hydrogen-bond donors (Lipinski definition) is 2. The monoisotopic (exact) mass is 346 g/mol. The minimum Gasteiger partial charge on any atom is -0.352 e. The number of piperidine rings is 1. The Morgan fingerprint density at radius 1 is 1.48 bits per heavy atom. The second kappa shape index (κ2) is 7.73. The van der Waals surface area contributed by atoms with Crippen LogP contribution < -0.4 is 10.6 Å². The first kappa shape index (κ1) is 16.9. The lowest BCUT2D eigenvalue weighted by molar-refractivity contribution is -0.121. The van der Waals surface area contributed by atoms with Crippen LogP contribution >= 0.6 is 35.0 Å². The summed E-state index contributed by atoms with van der Waals surface area (Å²) in [4.78, 5) is 13.2. The molecule has 1 aliphatic rings. The van der Waals surface area contributed by atoms with E-state index in [4.69, 9.17) is 23.2 Å². The first-order chi connectivity index (χ1) is 9.97. The molecule has 1 aromatic rings. The van der Waals surface area contributed by atoms with E-state index in [1.807, 2.05) is 6.92 Å². The number of benzene rings is 1. The van der Waals surface area contributed by atoms with Crippen LogP contribution in [0.5, 0.6) is 0 Å². The van der Waals surface area contributed by atoms with Crippen LogP contribution in [0.25, 0.3) is 0 Å². The fraction of sp³-hybridized carbons (Fsp3) is 0.533. The van der Waals surface area contributed by atoms with E-state index < -0.39 is 0 Å². The predicted molar refractivity (Wildman–Crippen MR) is 90.4 cm³/mol. The highest BCUT2D eigenvalue weighted by molar-refractivity contribution is 8.00. The molecule has 2 rings (SSSR count). The molecule has 0 spiro atoms. The summed E-state index contributed by atoms with van der Waals surface area (Å²) in [7, 11) is 0. The van der Waals surface area contributed by atoms with Crippen molar-refractivity contribution >= 4 is 40.9 Å². The zero-order valence-corrected chi connectivity index (χ0v) is 14.5. The number of hydrogen-bond acceptors (Lipinski definition) is 3. The van der Waals surface area contributed by atoms with E-state index in [0.29, 0.717) is 16.0 Å². The summed E-state index contributed by atoms with van der Waals surface area (Å²) < 4.78 is 0. The smallest absolute Gasteiger partial charge is 0.233 e. The summed E-state index contributed by atoms with van der Waals surface area (Å²) in [5, 5.41) is 7.52. The van der Waals surface area contributed by atoms with Crippen molar-refractivity contribution in [2.45, 2.75) is 36.5 Å². The van der Waals surface area contributed by atoms with Gasteiger partial charge >= 0.3 is 0 Å². The highest BCUT2D eigenvalue weighted by atomic mass is 35.5. The second-order valence-electron chi connectivity index (χ2n) is 5.42. The molecule has 3 atom stereocenters. The van der Waals surface area contributed by atoms with Gasteiger partial charge < -0.3 is 10.6 Å². The van der Waals surface area contributed by atoms with Crippen LogP contribution in [0.2, 0.25) is 10.0 Å². The van der Waals surface area contributed by atoms with Gasteiger partial charge in [0.15, 0.2) is 0 Å². The van der Waals surface area contributed by atoms with Crippen LogP contribution in [0, 0.1) is 5.92 Å². The van der Waals surface area contributed by atoms with Crippen molar-refractivity contribution in [1.82, 2.24) is 10.6 Å². The number of carbonyl (C=O) groups excluding carboxylic acids is 1. The lowest BCUT2D eigenvalue weighted by Crippen LogP contribution is -2.50. The van der Waals surface area contributed by atoms with Gasteiger partial charge in [0.2, 0.25) is 5.91 Å². The maximum atomic E-state index is 12.3. The van der Waals surface area contributed by atoms with Crippen LogP contribution in [0.15, 0.2) is 23.1 Å². The Bertz CT molecular complexity index is 512. The summed E-state index contributed by atoms with van der Waals surface area (Å²) in [6.45, 7) is 5.95. The Hall–Kier alpha value is -0.420. The number of halogens is 2. The SMILES string of the molecule is CC(Sc1cc(Cl)ccc1Cl)C(=O)NC1CCNCC1C. The Kier molecular flexibility index (Phi) is 6.23. The van der Waals surface area contributed by atoms with E-state index in [0.717, 1.165) is 24.4 Å². The van der Waals surface area contributed by atoms with Gasteiger partial charge in [-0.1, -0.05) is 30.1 Å². The zero-order chi connectivity index (χ0) is 15.4. The van der Waals surface area contributed by atoms with E-state index in [1.165, 1.54) is 11.8 Å². The first-order valence-electron chi connectivity index (χ1n) is 7.10. The highest BCUT2D eigenvalue weighted by Gasteiger charge is 2.25. The average molecular weight is 347 g/mol. The molecule has 6 heteroatoms. The molecule has 1 amide bonds. The molecular formula is C15H20Cl2N2OS. The third-order valence-corrected chi connectivity index (χ3v) is 5.52. The van der Waals surface area contributed by atoms with E-state index in [-0.39, 0.29) is 17.2 Å². The van der Waals surface area contributed by atoms with Crippen molar-refractivity contribution in [1.29, 1.82) is 0 Å². The fourth-order valence-corrected chi connectivity index (χ4v) is 3.76. The van der Waals surface area contributed by atoms with Gasteiger partial charge in [-0.2, -0.15) is 0 Å². The van der Waals surface area contributed by atoms with Gasteiger partial charge in [0, 0.05) is 16.0 Å². The van der Waals surface area contributed by atoms with Crippen molar-refractivity contribution in [3.63, 3.8) is 0 Å². The molecule has 116 valence electrons. The summed E-state index contributed by atoms with van der Waals surface area (Å²) in [5.74, 6) is 0.504. The van der Waals surface area contributed by atoms with Crippen molar-refractivity contribution in [2.75, 3.05) is 13.1 Å². The van der Waals surface area contributed by atoms with Crippen LogP contribution in [0.1, 0.15) is 20.3 Å². The Morgan fingerprint density at radius 3 is 2.95 bits per heavy atom. The van der Waals surface area contributed by atoms with Gasteiger partial charge in [-0.05, 0) is 50.6 Å². The Balaban J connectivity index is 1.94. The average Bonchev–Trinajstić information content (AvgIpc) is 2.45. The lowest BCUT2D eigenvalue weighted by Gasteiger charge is -2.31. The van der Waals surface area contributed by atoms with E-state index in [1.54, 1.807) is 18.2 Å².